The third kappa shape index (κ3) is 9.28. The molecule has 14 rings (SSSR count). The Balaban J connectivity index is 1.02. The lowest BCUT2D eigenvalue weighted by Crippen LogP contribution is -2.33. The highest BCUT2D eigenvalue weighted by Gasteiger charge is 2.48. The summed E-state index contributed by atoms with van der Waals surface area (Å²) in [5.41, 5.74) is 21.3. The second-order valence-electron chi connectivity index (χ2n) is 22.5. The number of rotatable bonds is 11. The van der Waals surface area contributed by atoms with Crippen LogP contribution in [0.4, 0.5) is 0 Å². The van der Waals surface area contributed by atoms with E-state index in [1.807, 2.05) is 0 Å². The monoisotopic (exact) mass is 1050 g/mol. The van der Waals surface area contributed by atoms with Crippen LogP contribution in [0.15, 0.2) is 316 Å². The Bertz CT molecular complexity index is 3880. The van der Waals surface area contributed by atoms with E-state index in [-0.39, 0.29) is 5.41 Å². The highest BCUT2D eigenvalue weighted by Crippen LogP contribution is 2.74. The number of hydrogen-bond donors (Lipinski definition) is 0. The van der Waals surface area contributed by atoms with E-state index in [2.05, 4.69) is 291 Å². The number of hydrogen-bond acceptors (Lipinski definition) is 0. The maximum atomic E-state index is 2.77. The number of fused-ring (bicyclic) bond motifs is 7. The van der Waals surface area contributed by atoms with Crippen LogP contribution in [0.25, 0.3) is 28.4 Å². The fourth-order valence-electron chi connectivity index (χ4n) is 13.7. The molecule has 8 aromatic rings. The van der Waals surface area contributed by atoms with Crippen LogP contribution in [-0.2, 0) is 18.3 Å². The fourth-order valence-corrected chi connectivity index (χ4v) is 17.7. The van der Waals surface area contributed by atoms with E-state index in [1.54, 1.807) is 0 Å². The van der Waals surface area contributed by atoms with Gasteiger partial charge in [-0.25, -0.2) is 0 Å². The summed E-state index contributed by atoms with van der Waals surface area (Å²) >= 11 is 0. The average Bonchev–Trinajstić information content (AvgIpc) is 4.48. The van der Waals surface area contributed by atoms with Crippen LogP contribution in [0.5, 0.6) is 0 Å². The smallest absolute Gasteiger partial charge is 0.0287 e. The van der Waals surface area contributed by atoms with Crippen molar-refractivity contribution in [2.24, 2.45) is 11.8 Å². The molecule has 8 aromatic carbocycles. The van der Waals surface area contributed by atoms with Crippen molar-refractivity contribution in [2.45, 2.75) is 71.5 Å². The molecule has 80 heavy (non-hydrogen) atoms. The molecule has 0 saturated heterocycles. The normalized spacial score (nSPS) is 22.5. The van der Waals surface area contributed by atoms with Gasteiger partial charge in [-0.2, -0.15) is 0 Å². The van der Waals surface area contributed by atoms with Gasteiger partial charge in [-0.05, 0) is 194 Å². The number of benzene rings is 8. The van der Waals surface area contributed by atoms with Gasteiger partial charge in [0.25, 0.3) is 0 Å². The maximum Gasteiger partial charge on any atom is 0.0287 e. The minimum atomic E-state index is -2.02. The molecular weight excluding hydrogens is 981 g/mol. The van der Waals surface area contributed by atoms with E-state index < -0.39 is 10.0 Å². The van der Waals surface area contributed by atoms with Gasteiger partial charge in [0.15, 0.2) is 0 Å². The van der Waals surface area contributed by atoms with E-state index in [0.717, 1.165) is 44.9 Å². The molecule has 0 aromatic heterocycles. The van der Waals surface area contributed by atoms with E-state index in [1.165, 1.54) is 115 Å². The van der Waals surface area contributed by atoms with Gasteiger partial charge in [-0.1, -0.05) is 255 Å². The molecule has 0 aliphatic heterocycles. The summed E-state index contributed by atoms with van der Waals surface area (Å²) in [6.45, 7) is 0. The van der Waals surface area contributed by atoms with Crippen molar-refractivity contribution in [1.29, 1.82) is 0 Å². The highest BCUT2D eigenvalue weighted by molar-refractivity contribution is 8.37. The van der Waals surface area contributed by atoms with Crippen LogP contribution in [-0.4, -0.2) is 0 Å². The first-order valence-corrected chi connectivity index (χ1v) is 30.6. The summed E-state index contributed by atoms with van der Waals surface area (Å²) in [7, 11) is -2.02. The Morgan fingerprint density at radius 2 is 1.21 bits per heavy atom. The predicted molar refractivity (Wildman–Crippen MR) is 339 cm³/mol. The lowest BCUT2D eigenvalue weighted by molar-refractivity contribution is 0.546. The molecule has 0 amide bonds. The molecule has 0 heterocycles. The van der Waals surface area contributed by atoms with Gasteiger partial charge in [0.1, 0.15) is 0 Å². The van der Waals surface area contributed by atoms with E-state index >= 15 is 0 Å². The van der Waals surface area contributed by atoms with Crippen LogP contribution in [0.1, 0.15) is 94.2 Å². The molecule has 0 N–H and O–H groups in total. The van der Waals surface area contributed by atoms with Crippen LogP contribution in [0.2, 0.25) is 0 Å². The molecular formula is C79H66S. The fraction of sp³-hybridized carbons (Fsp3) is 0.139. The van der Waals surface area contributed by atoms with Crippen molar-refractivity contribution in [3.8, 4) is 0 Å². The second kappa shape index (κ2) is 21.6. The van der Waals surface area contributed by atoms with Gasteiger partial charge < -0.3 is 0 Å². The third-order valence-electron chi connectivity index (χ3n) is 17.8. The first kappa shape index (κ1) is 49.8. The van der Waals surface area contributed by atoms with Crippen LogP contribution < -0.4 is 0 Å². The van der Waals surface area contributed by atoms with Crippen molar-refractivity contribution in [2.75, 3.05) is 0 Å². The van der Waals surface area contributed by atoms with Crippen molar-refractivity contribution < 1.29 is 0 Å². The van der Waals surface area contributed by atoms with E-state index in [0.29, 0.717) is 11.8 Å². The Morgan fingerprint density at radius 3 is 1.96 bits per heavy atom. The average molecular weight is 1050 g/mol. The lowest BCUT2D eigenvalue weighted by Gasteiger charge is -2.46. The van der Waals surface area contributed by atoms with Crippen molar-refractivity contribution in [3.63, 3.8) is 0 Å². The van der Waals surface area contributed by atoms with E-state index in [4.69, 9.17) is 0 Å². The van der Waals surface area contributed by atoms with Gasteiger partial charge in [0.05, 0.1) is 0 Å². The summed E-state index contributed by atoms with van der Waals surface area (Å²) in [5, 5.41) is 0. The lowest BCUT2D eigenvalue weighted by atomic mass is 9.59. The first-order valence-electron chi connectivity index (χ1n) is 29.0. The zero-order valence-electron chi connectivity index (χ0n) is 45.4. The van der Waals surface area contributed by atoms with E-state index in [9.17, 15) is 0 Å². The minimum absolute atomic E-state index is 0.339. The molecule has 2 bridgehead atoms. The third-order valence-corrected chi connectivity index (χ3v) is 21.7. The minimum Gasteiger partial charge on any atom is -0.133 e. The molecule has 1 heteroatoms. The number of allylic oxidation sites excluding steroid dienone is 16. The topological polar surface area (TPSA) is 0 Å². The van der Waals surface area contributed by atoms with Gasteiger partial charge in [0, 0.05) is 20.1 Å². The summed E-state index contributed by atoms with van der Waals surface area (Å²) < 4.78 is 0. The van der Waals surface area contributed by atoms with Crippen LogP contribution in [0, 0.1) is 11.8 Å². The predicted octanol–water partition coefficient (Wildman–Crippen LogP) is 20.5. The molecule has 388 valence electrons. The molecule has 6 aliphatic rings. The summed E-state index contributed by atoms with van der Waals surface area (Å²) in [6.07, 6.45) is 39.4. The van der Waals surface area contributed by atoms with Gasteiger partial charge >= 0.3 is 0 Å². The van der Waals surface area contributed by atoms with Crippen molar-refractivity contribution in [3.05, 3.63) is 357 Å². The Hall–Kier alpha value is -8.49. The Morgan fingerprint density at radius 1 is 0.550 bits per heavy atom. The van der Waals surface area contributed by atoms with Gasteiger partial charge in [-0.15, -0.1) is 10.0 Å². The van der Waals surface area contributed by atoms with Crippen LogP contribution >= 0.6 is 10.0 Å². The van der Waals surface area contributed by atoms with Crippen molar-refractivity contribution in [1.82, 2.24) is 0 Å². The highest BCUT2D eigenvalue weighted by atomic mass is 32.3. The summed E-state index contributed by atoms with van der Waals surface area (Å²) in [6, 6.07) is 80.7. The van der Waals surface area contributed by atoms with Gasteiger partial charge in [-0.3, -0.25) is 0 Å². The van der Waals surface area contributed by atoms with Crippen LogP contribution in [0.3, 0.4) is 0 Å². The Labute approximate surface area is 475 Å². The maximum absolute atomic E-state index is 2.77. The molecule has 0 nitrogen and oxygen atoms in total. The molecule has 6 aliphatic carbocycles. The molecule has 1 saturated carbocycles. The zero-order chi connectivity index (χ0) is 53.3. The van der Waals surface area contributed by atoms with Crippen molar-refractivity contribution >= 4 is 38.4 Å². The molecule has 0 radical (unpaired) electrons. The SMILES string of the molecule is C1=Cc2ccccc2CC(c2ccc(C3=C4/C=C\C(CC=C(c5ccccc5)c5ccccc5)=C/CC(C5=CC6CC6Cc6ccccc65)(C4)c4ccc(S(C5=C/C/C=C\C/C=C\5)(c5ccccc5)c5ccccc5)cc43)cc2)=C1. The largest absolute Gasteiger partial charge is 0.133 e. The molecule has 1 fully saturated rings. The quantitative estimate of drug-likeness (QED) is 0.113. The van der Waals surface area contributed by atoms with Gasteiger partial charge in [0.2, 0.25) is 0 Å². The Kier molecular flexibility index (Phi) is 13.5. The summed E-state index contributed by atoms with van der Waals surface area (Å²) in [5.74, 6) is 1.29. The second-order valence-corrected chi connectivity index (χ2v) is 25.6. The molecule has 0 spiro atoms. The first-order chi connectivity index (χ1) is 39.6. The summed E-state index contributed by atoms with van der Waals surface area (Å²) in [4.78, 5) is 5.45. The zero-order valence-corrected chi connectivity index (χ0v) is 46.2. The molecule has 3 unspecified atom stereocenters. The molecule has 3 atom stereocenters. The standard InChI is InChI=1S/C79H66S/c1-2-12-32-69(33-13-3-1)80(70-34-14-6-15-35-70,71-36-16-7-17-37-71)72-46-48-76-75(55-72)78(62-44-42-59(43-45-62)64-31-22-30-58-23-18-19-28-63(58)51-64)66-41-39-57(40-47-73(60-24-8-4-9-25-60)61-26-10-5-11-27-61)49-50-79(76,56-66)77-54-68-53-67(68)52-65-29-20-21-38-74(65)77/h1-2,4-11,13-39,41-49,54-55,67-68H,3,12,40,50-53,56H2/b2-1-,33-13-,41-39-,57-49+,69-32+.